The number of hydrogen-bond donors (Lipinski definition) is 1. The number of nitrogens with one attached hydrogen (secondary N) is 1. The summed E-state index contributed by atoms with van der Waals surface area (Å²) in [6.07, 6.45) is 0. The van der Waals surface area contributed by atoms with Gasteiger partial charge >= 0.3 is 0 Å². The second kappa shape index (κ2) is 4.29. The molecule has 1 atom stereocenters. The Morgan fingerprint density at radius 2 is 2.27 bits per heavy atom. The van der Waals surface area contributed by atoms with Gasteiger partial charge in [0.25, 0.3) is 0 Å². The Morgan fingerprint density at radius 1 is 1.47 bits per heavy atom. The summed E-state index contributed by atoms with van der Waals surface area (Å²) in [6, 6.07) is 6.70. The summed E-state index contributed by atoms with van der Waals surface area (Å²) in [5, 5.41) is 4.57. The molecular weight excluding hydrogens is 204 g/mol. The smallest absolute Gasteiger partial charge is 0.111 e. The van der Waals surface area contributed by atoms with Gasteiger partial charge in [0, 0.05) is 0 Å². The molecule has 0 aliphatic rings. The molecule has 0 amide bonds. The van der Waals surface area contributed by atoms with Crippen molar-refractivity contribution in [2.24, 2.45) is 0 Å². The Balaban J connectivity index is 2.43. The number of fused-ring (bicyclic) bond motifs is 1. The van der Waals surface area contributed by atoms with Gasteiger partial charge in [-0.1, -0.05) is 19.1 Å². The Hall–Kier alpha value is -0.930. The van der Waals surface area contributed by atoms with E-state index in [4.69, 9.17) is 0 Å². The van der Waals surface area contributed by atoms with E-state index in [2.05, 4.69) is 49.3 Å². The summed E-state index contributed by atoms with van der Waals surface area (Å²) in [6.45, 7) is 7.38. The lowest BCUT2D eigenvalue weighted by Gasteiger charge is -2.07. The van der Waals surface area contributed by atoms with Crippen molar-refractivity contribution in [3.63, 3.8) is 0 Å². The van der Waals surface area contributed by atoms with Crippen molar-refractivity contribution in [2.75, 3.05) is 6.54 Å². The predicted octanol–water partition coefficient (Wildman–Crippen LogP) is 3.28. The molecule has 0 saturated carbocycles. The monoisotopic (exact) mass is 220 g/mol. The second-order valence-corrected chi connectivity index (χ2v) is 4.82. The highest BCUT2D eigenvalue weighted by molar-refractivity contribution is 7.18. The maximum absolute atomic E-state index is 4.69. The van der Waals surface area contributed by atoms with Crippen molar-refractivity contribution >= 4 is 21.6 Å². The number of nitrogens with zero attached hydrogens (tertiary/aromatic N) is 1. The Bertz CT molecular complexity index is 462. The van der Waals surface area contributed by atoms with Crippen LogP contribution in [0.3, 0.4) is 0 Å². The van der Waals surface area contributed by atoms with Crippen molar-refractivity contribution in [3.05, 3.63) is 28.8 Å². The van der Waals surface area contributed by atoms with Crippen LogP contribution in [-0.2, 0) is 0 Å². The molecule has 0 aliphatic carbocycles. The fraction of sp³-hybridized carbons (Fsp3) is 0.417. The minimum Gasteiger partial charge on any atom is -0.308 e. The zero-order valence-electron chi connectivity index (χ0n) is 9.37. The van der Waals surface area contributed by atoms with E-state index in [-0.39, 0.29) is 0 Å². The quantitative estimate of drug-likeness (QED) is 0.858. The van der Waals surface area contributed by atoms with Crippen LogP contribution in [-0.4, -0.2) is 11.5 Å². The lowest BCUT2D eigenvalue weighted by atomic mass is 10.2. The normalized spacial score (nSPS) is 13.3. The summed E-state index contributed by atoms with van der Waals surface area (Å²) in [7, 11) is 0. The Kier molecular flexibility index (Phi) is 3.03. The van der Waals surface area contributed by atoms with Gasteiger partial charge in [0.15, 0.2) is 0 Å². The zero-order valence-corrected chi connectivity index (χ0v) is 10.2. The second-order valence-electron chi connectivity index (χ2n) is 3.75. The highest BCUT2D eigenvalue weighted by atomic mass is 32.1. The molecule has 1 N–H and O–H groups in total. The van der Waals surface area contributed by atoms with Crippen LogP contribution in [0.2, 0.25) is 0 Å². The summed E-state index contributed by atoms with van der Waals surface area (Å²) in [5.74, 6) is 0. The first-order valence-electron chi connectivity index (χ1n) is 5.31. The number of rotatable bonds is 3. The van der Waals surface area contributed by atoms with E-state index < -0.39 is 0 Å². The third-order valence-corrected chi connectivity index (χ3v) is 3.72. The van der Waals surface area contributed by atoms with Crippen LogP contribution in [0, 0.1) is 6.92 Å². The third-order valence-electron chi connectivity index (χ3n) is 2.52. The number of benzene rings is 1. The molecule has 0 spiro atoms. The van der Waals surface area contributed by atoms with E-state index in [0.29, 0.717) is 6.04 Å². The van der Waals surface area contributed by atoms with Crippen molar-refractivity contribution in [1.29, 1.82) is 0 Å². The van der Waals surface area contributed by atoms with Gasteiger partial charge in [-0.05, 0) is 32.0 Å². The van der Waals surface area contributed by atoms with E-state index in [1.54, 1.807) is 11.3 Å². The lowest BCUT2D eigenvalue weighted by molar-refractivity contribution is 0.596. The summed E-state index contributed by atoms with van der Waals surface area (Å²) in [4.78, 5) is 4.69. The molecule has 15 heavy (non-hydrogen) atoms. The molecule has 2 aromatic rings. The number of aromatic nitrogens is 1. The molecule has 80 valence electrons. The van der Waals surface area contributed by atoms with E-state index in [1.165, 1.54) is 15.3 Å². The zero-order chi connectivity index (χ0) is 10.8. The molecule has 1 aromatic carbocycles. The first-order valence-corrected chi connectivity index (χ1v) is 6.13. The fourth-order valence-electron chi connectivity index (χ4n) is 1.68. The van der Waals surface area contributed by atoms with Crippen molar-refractivity contribution in [3.8, 4) is 0 Å². The average molecular weight is 220 g/mol. The third kappa shape index (κ3) is 2.03. The molecule has 0 saturated heterocycles. The van der Waals surface area contributed by atoms with E-state index in [1.807, 2.05) is 0 Å². The number of hydrogen-bond acceptors (Lipinski definition) is 3. The molecular formula is C12H16N2S. The van der Waals surface area contributed by atoms with Crippen molar-refractivity contribution in [2.45, 2.75) is 26.8 Å². The SMILES string of the molecule is CCNC(C)c1nc2c(C)cccc2s1. The summed E-state index contributed by atoms with van der Waals surface area (Å²) >= 11 is 1.79. The first kappa shape index (κ1) is 10.6. The Morgan fingerprint density at radius 3 is 2.93 bits per heavy atom. The predicted molar refractivity (Wildman–Crippen MR) is 66.4 cm³/mol. The van der Waals surface area contributed by atoms with Crippen LogP contribution in [0.25, 0.3) is 10.2 Å². The molecule has 0 bridgehead atoms. The van der Waals surface area contributed by atoms with Gasteiger partial charge < -0.3 is 5.32 Å². The largest absolute Gasteiger partial charge is 0.308 e. The van der Waals surface area contributed by atoms with E-state index in [9.17, 15) is 0 Å². The number of aryl methyl sites for hydroxylation is 1. The number of thiazole rings is 1. The molecule has 2 nitrogen and oxygen atoms in total. The maximum atomic E-state index is 4.69. The van der Waals surface area contributed by atoms with E-state index in [0.717, 1.165) is 12.1 Å². The molecule has 0 radical (unpaired) electrons. The number of para-hydroxylation sites is 1. The van der Waals surface area contributed by atoms with Gasteiger partial charge in [-0.2, -0.15) is 0 Å². The van der Waals surface area contributed by atoms with Crippen LogP contribution in [0.4, 0.5) is 0 Å². The first-order chi connectivity index (χ1) is 7.22. The van der Waals surface area contributed by atoms with E-state index >= 15 is 0 Å². The van der Waals surface area contributed by atoms with Gasteiger partial charge in [0.2, 0.25) is 0 Å². The lowest BCUT2D eigenvalue weighted by Crippen LogP contribution is -2.17. The molecule has 2 rings (SSSR count). The van der Waals surface area contributed by atoms with Crippen LogP contribution >= 0.6 is 11.3 Å². The average Bonchev–Trinajstić information content (AvgIpc) is 2.63. The minimum absolute atomic E-state index is 0.354. The topological polar surface area (TPSA) is 24.9 Å². The van der Waals surface area contributed by atoms with Crippen molar-refractivity contribution in [1.82, 2.24) is 10.3 Å². The molecule has 3 heteroatoms. The fourth-order valence-corrected chi connectivity index (χ4v) is 2.75. The van der Waals surface area contributed by atoms with Crippen LogP contribution in [0.1, 0.15) is 30.5 Å². The van der Waals surface area contributed by atoms with Gasteiger partial charge in [0.1, 0.15) is 5.01 Å². The summed E-state index contributed by atoms with van der Waals surface area (Å²) in [5.41, 5.74) is 2.42. The molecule has 1 heterocycles. The van der Waals surface area contributed by atoms with Crippen LogP contribution in [0.15, 0.2) is 18.2 Å². The standard InChI is InChI=1S/C12H16N2S/c1-4-13-9(3)12-14-11-8(2)6-5-7-10(11)15-12/h5-7,9,13H,4H2,1-3H3. The van der Waals surface area contributed by atoms with Crippen LogP contribution in [0.5, 0.6) is 0 Å². The molecule has 1 aromatic heterocycles. The molecule has 0 fully saturated rings. The van der Waals surface area contributed by atoms with Crippen molar-refractivity contribution < 1.29 is 0 Å². The minimum atomic E-state index is 0.354. The van der Waals surface area contributed by atoms with Gasteiger partial charge in [-0.3, -0.25) is 0 Å². The highest BCUT2D eigenvalue weighted by Gasteiger charge is 2.10. The van der Waals surface area contributed by atoms with Gasteiger partial charge in [0.05, 0.1) is 16.3 Å². The maximum Gasteiger partial charge on any atom is 0.111 e. The molecule has 1 unspecified atom stereocenters. The Labute approximate surface area is 94.3 Å². The van der Waals surface area contributed by atoms with Gasteiger partial charge in [-0.15, -0.1) is 11.3 Å². The van der Waals surface area contributed by atoms with Gasteiger partial charge in [-0.25, -0.2) is 4.98 Å². The highest BCUT2D eigenvalue weighted by Crippen LogP contribution is 2.27. The molecule has 0 aliphatic heterocycles. The summed E-state index contributed by atoms with van der Waals surface area (Å²) < 4.78 is 1.29. The van der Waals surface area contributed by atoms with Crippen LogP contribution < -0.4 is 5.32 Å².